The smallest absolute Gasteiger partial charge is 0.154 e. The molecule has 1 aliphatic heterocycles. The lowest BCUT2D eigenvalue weighted by Crippen LogP contribution is -2.49. The van der Waals surface area contributed by atoms with E-state index in [9.17, 15) is 4.79 Å². The average molecular weight is 210 g/mol. The Balaban J connectivity index is 1.96. The van der Waals surface area contributed by atoms with Crippen molar-refractivity contribution in [2.45, 2.75) is 18.9 Å². The highest BCUT2D eigenvalue weighted by Crippen LogP contribution is 2.12. The molecule has 0 amide bonds. The van der Waals surface area contributed by atoms with Crippen molar-refractivity contribution < 1.29 is 4.79 Å². The summed E-state index contributed by atoms with van der Waals surface area (Å²) in [4.78, 5) is 11.6. The molecule has 0 spiro atoms. The van der Waals surface area contributed by atoms with E-state index in [0.29, 0.717) is 11.4 Å². The van der Waals surface area contributed by atoms with Crippen LogP contribution in [0.5, 0.6) is 0 Å². The first-order chi connectivity index (χ1) is 6.75. The maximum atomic E-state index is 11.6. The van der Waals surface area contributed by atoms with Gasteiger partial charge in [-0.2, -0.15) is 0 Å². The molecule has 2 nitrogen and oxygen atoms in total. The van der Waals surface area contributed by atoms with Crippen LogP contribution >= 0.6 is 11.6 Å². The van der Waals surface area contributed by atoms with Crippen LogP contribution in [-0.4, -0.2) is 18.4 Å². The predicted molar refractivity (Wildman–Crippen MR) is 56.6 cm³/mol. The third-order valence-corrected chi connectivity index (χ3v) is 2.76. The van der Waals surface area contributed by atoms with Crippen LogP contribution in [-0.2, 0) is 11.2 Å². The maximum Gasteiger partial charge on any atom is 0.154 e. The van der Waals surface area contributed by atoms with Gasteiger partial charge in [0.25, 0.3) is 0 Å². The Morgan fingerprint density at radius 3 is 2.57 bits per heavy atom. The fraction of sp³-hybridized carbons (Fsp3) is 0.364. The zero-order valence-corrected chi connectivity index (χ0v) is 8.55. The topological polar surface area (TPSA) is 29.1 Å². The highest BCUT2D eigenvalue weighted by Gasteiger charge is 2.23. The third-order valence-electron chi connectivity index (χ3n) is 2.50. The summed E-state index contributed by atoms with van der Waals surface area (Å²) in [6, 6.07) is 7.53. The van der Waals surface area contributed by atoms with Crippen LogP contribution in [0.3, 0.4) is 0 Å². The Morgan fingerprint density at radius 1 is 1.43 bits per heavy atom. The van der Waals surface area contributed by atoms with Crippen LogP contribution in [0, 0.1) is 0 Å². The minimum absolute atomic E-state index is 0.0886. The van der Waals surface area contributed by atoms with Crippen LogP contribution < -0.4 is 5.32 Å². The Kier molecular flexibility index (Phi) is 2.85. The lowest BCUT2D eigenvalue weighted by atomic mass is 9.97. The van der Waals surface area contributed by atoms with Crippen molar-refractivity contribution in [1.29, 1.82) is 0 Å². The predicted octanol–water partition coefficient (Wildman–Crippen LogP) is 1.81. The van der Waals surface area contributed by atoms with Crippen molar-refractivity contribution in [2.24, 2.45) is 0 Å². The van der Waals surface area contributed by atoms with E-state index < -0.39 is 0 Å². The molecule has 74 valence electrons. The molecule has 14 heavy (non-hydrogen) atoms. The number of halogens is 1. The second kappa shape index (κ2) is 4.11. The molecule has 0 aromatic heterocycles. The van der Waals surface area contributed by atoms with E-state index in [4.69, 9.17) is 11.6 Å². The second-order valence-corrected chi connectivity index (χ2v) is 4.00. The number of carbonyl (C=O) groups excluding carboxylic acids is 1. The molecule has 0 bridgehead atoms. The lowest BCUT2D eigenvalue weighted by molar-refractivity contribution is -0.121. The van der Waals surface area contributed by atoms with E-state index in [0.717, 1.165) is 18.5 Å². The number of benzene rings is 1. The minimum atomic E-state index is 0.0886. The molecule has 1 atom stereocenters. The molecule has 3 heteroatoms. The van der Waals surface area contributed by atoms with Crippen molar-refractivity contribution in [3.05, 3.63) is 34.9 Å². The van der Waals surface area contributed by atoms with Crippen LogP contribution in [0.15, 0.2) is 24.3 Å². The second-order valence-electron chi connectivity index (χ2n) is 3.56. The number of carbonyl (C=O) groups is 1. The van der Waals surface area contributed by atoms with Gasteiger partial charge in [0.15, 0.2) is 5.78 Å². The van der Waals surface area contributed by atoms with Gasteiger partial charge in [-0.1, -0.05) is 23.7 Å². The van der Waals surface area contributed by atoms with Gasteiger partial charge in [-0.3, -0.25) is 4.79 Å². The lowest BCUT2D eigenvalue weighted by Gasteiger charge is -2.26. The van der Waals surface area contributed by atoms with Crippen LogP contribution in [0.4, 0.5) is 0 Å². The fourth-order valence-corrected chi connectivity index (χ4v) is 1.62. The van der Waals surface area contributed by atoms with Gasteiger partial charge in [0.2, 0.25) is 0 Å². The van der Waals surface area contributed by atoms with Crippen molar-refractivity contribution in [2.75, 3.05) is 6.54 Å². The minimum Gasteiger partial charge on any atom is -0.307 e. The summed E-state index contributed by atoms with van der Waals surface area (Å²) in [6.07, 6.45) is 1.49. The van der Waals surface area contributed by atoms with Crippen molar-refractivity contribution >= 4 is 17.4 Å². The number of Topliss-reactive ketones (excluding diaryl/α,β-unsaturated/α-hetero) is 1. The standard InChI is InChI=1S/C11H12ClNO/c12-9-3-1-8(2-4-9)7-11(14)10-5-6-13-10/h1-4,10,13H,5-7H2. The number of nitrogens with one attached hydrogen (secondary N) is 1. The van der Waals surface area contributed by atoms with E-state index in [-0.39, 0.29) is 11.8 Å². The van der Waals surface area contributed by atoms with Gasteiger partial charge in [0.05, 0.1) is 6.04 Å². The van der Waals surface area contributed by atoms with Gasteiger partial charge < -0.3 is 5.32 Å². The Labute approximate surface area is 88.3 Å². The SMILES string of the molecule is O=C(Cc1ccc(Cl)cc1)C1CCN1. The summed E-state index contributed by atoms with van der Waals surface area (Å²) in [5.41, 5.74) is 1.04. The van der Waals surface area contributed by atoms with E-state index in [1.807, 2.05) is 24.3 Å². The van der Waals surface area contributed by atoms with Gasteiger partial charge in [0, 0.05) is 11.4 Å². The Bertz CT molecular complexity index is 330. The van der Waals surface area contributed by atoms with Crippen LogP contribution in [0.1, 0.15) is 12.0 Å². The largest absolute Gasteiger partial charge is 0.307 e. The van der Waals surface area contributed by atoms with E-state index in [1.165, 1.54) is 0 Å². The van der Waals surface area contributed by atoms with E-state index >= 15 is 0 Å². The van der Waals surface area contributed by atoms with Crippen molar-refractivity contribution in [1.82, 2.24) is 5.32 Å². The molecule has 1 N–H and O–H groups in total. The molecule has 2 rings (SSSR count). The normalized spacial score (nSPS) is 20.2. The van der Waals surface area contributed by atoms with Gasteiger partial charge in [-0.25, -0.2) is 0 Å². The number of hydrogen-bond donors (Lipinski definition) is 1. The molecule has 1 aliphatic rings. The van der Waals surface area contributed by atoms with Gasteiger partial charge in [-0.05, 0) is 30.7 Å². The molecular formula is C11H12ClNO. The fourth-order valence-electron chi connectivity index (χ4n) is 1.49. The maximum absolute atomic E-state index is 11.6. The first kappa shape index (κ1) is 9.69. The zero-order chi connectivity index (χ0) is 9.97. The Morgan fingerprint density at radius 2 is 2.07 bits per heavy atom. The van der Waals surface area contributed by atoms with Crippen molar-refractivity contribution in [3.8, 4) is 0 Å². The molecule has 1 saturated heterocycles. The van der Waals surface area contributed by atoms with Gasteiger partial charge in [0.1, 0.15) is 0 Å². The zero-order valence-electron chi connectivity index (χ0n) is 7.79. The average Bonchev–Trinajstić information content (AvgIpc) is 2.06. The summed E-state index contributed by atoms with van der Waals surface area (Å²) in [6.45, 7) is 0.969. The summed E-state index contributed by atoms with van der Waals surface area (Å²) < 4.78 is 0. The highest BCUT2D eigenvalue weighted by molar-refractivity contribution is 6.30. The van der Waals surface area contributed by atoms with Gasteiger partial charge >= 0.3 is 0 Å². The van der Waals surface area contributed by atoms with Crippen LogP contribution in [0.25, 0.3) is 0 Å². The van der Waals surface area contributed by atoms with E-state index in [2.05, 4.69) is 5.32 Å². The molecule has 1 heterocycles. The van der Waals surface area contributed by atoms with Crippen molar-refractivity contribution in [3.63, 3.8) is 0 Å². The molecule has 1 unspecified atom stereocenters. The molecular weight excluding hydrogens is 198 g/mol. The molecule has 1 fully saturated rings. The molecule has 0 radical (unpaired) electrons. The molecule has 1 aromatic carbocycles. The van der Waals surface area contributed by atoms with Crippen LogP contribution in [0.2, 0.25) is 5.02 Å². The first-order valence-corrected chi connectivity index (χ1v) is 5.14. The quantitative estimate of drug-likeness (QED) is 0.823. The van der Waals surface area contributed by atoms with E-state index in [1.54, 1.807) is 0 Å². The first-order valence-electron chi connectivity index (χ1n) is 4.76. The third kappa shape index (κ3) is 2.14. The Hall–Kier alpha value is -0.860. The molecule has 0 saturated carbocycles. The number of ketones is 1. The summed E-state index contributed by atoms with van der Waals surface area (Å²) in [7, 11) is 0. The summed E-state index contributed by atoms with van der Waals surface area (Å²) in [5.74, 6) is 0.276. The summed E-state index contributed by atoms with van der Waals surface area (Å²) in [5, 5.41) is 3.81. The highest BCUT2D eigenvalue weighted by atomic mass is 35.5. The number of rotatable bonds is 3. The van der Waals surface area contributed by atoms with Gasteiger partial charge in [-0.15, -0.1) is 0 Å². The number of hydrogen-bond acceptors (Lipinski definition) is 2. The molecule has 1 aromatic rings. The monoisotopic (exact) mass is 209 g/mol. The molecule has 0 aliphatic carbocycles. The summed E-state index contributed by atoms with van der Waals surface area (Å²) >= 11 is 5.75.